The number of hydrogen-bond donors (Lipinski definition) is 2. The van der Waals surface area contributed by atoms with Crippen LogP contribution in [0.1, 0.15) is 205 Å². The van der Waals surface area contributed by atoms with Crippen molar-refractivity contribution in [3.63, 3.8) is 0 Å². The molecule has 0 aliphatic heterocycles. The van der Waals surface area contributed by atoms with Crippen LogP contribution >= 0.6 is 0 Å². The van der Waals surface area contributed by atoms with Gasteiger partial charge in [-0.2, -0.15) is 0 Å². The maximum atomic E-state index is 3.65. The van der Waals surface area contributed by atoms with Crippen LogP contribution in [0.3, 0.4) is 0 Å². The molecule has 1 aromatic carbocycles. The minimum Gasteiger partial charge on any atom is -0.313 e. The average molecular weight is 637 g/mol. The van der Waals surface area contributed by atoms with Crippen LogP contribution in [0.4, 0.5) is 0 Å². The molecule has 0 heterocycles. The molecule has 2 heteroatoms. The first-order valence-corrected chi connectivity index (χ1v) is 20.7. The van der Waals surface area contributed by atoms with E-state index in [1.54, 1.807) is 0 Å². The fourth-order valence-electron chi connectivity index (χ4n) is 6.24. The van der Waals surface area contributed by atoms with Gasteiger partial charge in [0.05, 0.1) is 0 Å². The van der Waals surface area contributed by atoms with E-state index < -0.39 is 0 Å². The van der Waals surface area contributed by atoms with Crippen molar-refractivity contribution in [1.82, 2.24) is 10.6 Å². The van der Waals surface area contributed by atoms with Gasteiger partial charge in [0.1, 0.15) is 0 Å². The van der Waals surface area contributed by atoms with Crippen LogP contribution in [0.15, 0.2) is 48.6 Å². The van der Waals surface area contributed by atoms with E-state index >= 15 is 0 Å². The van der Waals surface area contributed by atoms with Gasteiger partial charge in [-0.05, 0) is 88.4 Å². The first-order chi connectivity index (χ1) is 22.9. The Morgan fingerprint density at radius 1 is 0.348 bits per heavy atom. The Kier molecular flexibility index (Phi) is 33.8. The maximum Gasteiger partial charge on any atom is 0.0205 e. The molecule has 0 saturated heterocycles. The number of benzene rings is 1. The van der Waals surface area contributed by atoms with Gasteiger partial charge in [-0.25, -0.2) is 0 Å². The first-order valence-electron chi connectivity index (χ1n) is 20.7. The normalized spacial score (nSPS) is 11.9. The van der Waals surface area contributed by atoms with Gasteiger partial charge >= 0.3 is 0 Å². The zero-order valence-electron chi connectivity index (χ0n) is 31.2. The van der Waals surface area contributed by atoms with Gasteiger partial charge in [0.15, 0.2) is 0 Å². The third-order valence-corrected chi connectivity index (χ3v) is 9.41. The van der Waals surface area contributed by atoms with Crippen LogP contribution < -0.4 is 10.6 Å². The molecule has 1 rings (SSSR count). The standard InChI is InChI=1S/C44H80N2/c1-3-5-7-9-11-13-15-17-19-21-23-25-27-29-31-33-39-45-41-43-35-37-44(38-36-43)42-46-40-34-32-30-28-26-24-22-20-18-16-14-12-10-8-6-4-2/h17-20,35-38,45-46H,3-16,21-34,39-42H2,1-2H3/b19-17-,20-18-. The Labute approximate surface area is 289 Å². The van der Waals surface area contributed by atoms with Crippen molar-refractivity contribution < 1.29 is 0 Å². The third kappa shape index (κ3) is 31.2. The monoisotopic (exact) mass is 637 g/mol. The number of hydrogen-bond acceptors (Lipinski definition) is 2. The molecule has 1 aromatic rings. The van der Waals surface area contributed by atoms with Gasteiger partial charge in [-0.15, -0.1) is 0 Å². The second kappa shape index (κ2) is 36.5. The molecule has 0 aromatic heterocycles. The fraction of sp³-hybridized carbons (Fsp3) is 0.773. The Bertz CT molecular complexity index is 700. The molecule has 2 nitrogen and oxygen atoms in total. The first kappa shape index (κ1) is 42.6. The molecule has 0 saturated carbocycles. The van der Waals surface area contributed by atoms with Crippen molar-refractivity contribution in [2.24, 2.45) is 0 Å². The van der Waals surface area contributed by atoms with Crippen molar-refractivity contribution >= 4 is 0 Å². The largest absolute Gasteiger partial charge is 0.313 e. The topological polar surface area (TPSA) is 24.1 Å². The number of rotatable bonds is 36. The van der Waals surface area contributed by atoms with E-state index in [9.17, 15) is 0 Å². The van der Waals surface area contributed by atoms with Gasteiger partial charge in [0, 0.05) is 13.1 Å². The van der Waals surface area contributed by atoms with E-state index in [2.05, 4.69) is 73.1 Å². The number of nitrogens with one attached hydrogen (secondary N) is 2. The quantitative estimate of drug-likeness (QED) is 0.0565. The third-order valence-electron chi connectivity index (χ3n) is 9.41. The predicted molar refractivity (Wildman–Crippen MR) is 209 cm³/mol. The van der Waals surface area contributed by atoms with E-state index in [1.807, 2.05) is 0 Å². The highest BCUT2D eigenvalue weighted by Gasteiger charge is 1.98. The van der Waals surface area contributed by atoms with Crippen LogP contribution in [0.2, 0.25) is 0 Å². The zero-order valence-corrected chi connectivity index (χ0v) is 31.2. The molecule has 0 bridgehead atoms. The predicted octanol–water partition coefficient (Wildman–Crippen LogP) is 13.9. The second-order valence-corrected chi connectivity index (χ2v) is 14.0. The van der Waals surface area contributed by atoms with E-state index in [0.29, 0.717) is 0 Å². The zero-order chi connectivity index (χ0) is 32.9. The van der Waals surface area contributed by atoms with E-state index in [-0.39, 0.29) is 0 Å². The van der Waals surface area contributed by atoms with Gasteiger partial charge in [-0.3, -0.25) is 0 Å². The van der Waals surface area contributed by atoms with Crippen LogP contribution in [-0.4, -0.2) is 13.1 Å². The fourth-order valence-corrected chi connectivity index (χ4v) is 6.24. The van der Waals surface area contributed by atoms with Crippen molar-refractivity contribution in [2.45, 2.75) is 207 Å². The summed E-state index contributed by atoms with van der Waals surface area (Å²) in [6.07, 6.45) is 48.2. The molecule has 0 spiro atoms. The summed E-state index contributed by atoms with van der Waals surface area (Å²) in [4.78, 5) is 0. The summed E-state index contributed by atoms with van der Waals surface area (Å²) in [5, 5.41) is 7.30. The number of allylic oxidation sites excluding steroid dienone is 4. The summed E-state index contributed by atoms with van der Waals surface area (Å²) in [6, 6.07) is 9.21. The Morgan fingerprint density at radius 3 is 0.913 bits per heavy atom. The minimum absolute atomic E-state index is 0.994. The Morgan fingerprint density at radius 2 is 0.609 bits per heavy atom. The lowest BCUT2D eigenvalue weighted by atomic mass is 10.1. The van der Waals surface area contributed by atoms with Crippen LogP contribution in [0.25, 0.3) is 0 Å². The molecule has 0 aliphatic rings. The highest BCUT2D eigenvalue weighted by Crippen LogP contribution is 2.12. The van der Waals surface area contributed by atoms with Crippen LogP contribution in [0.5, 0.6) is 0 Å². The highest BCUT2D eigenvalue weighted by molar-refractivity contribution is 5.22. The maximum absolute atomic E-state index is 3.65. The van der Waals surface area contributed by atoms with Crippen molar-refractivity contribution in [3.8, 4) is 0 Å². The molecule has 0 fully saturated rings. The van der Waals surface area contributed by atoms with Gasteiger partial charge < -0.3 is 10.6 Å². The molecule has 0 radical (unpaired) electrons. The van der Waals surface area contributed by atoms with Crippen molar-refractivity contribution in [2.75, 3.05) is 13.1 Å². The van der Waals surface area contributed by atoms with Crippen LogP contribution in [-0.2, 0) is 13.1 Å². The lowest BCUT2D eigenvalue weighted by molar-refractivity contribution is 0.565. The summed E-state index contributed by atoms with van der Waals surface area (Å²) < 4.78 is 0. The minimum atomic E-state index is 0.994. The van der Waals surface area contributed by atoms with E-state index in [0.717, 1.165) is 26.2 Å². The SMILES string of the molecule is CCCCCCCC/C=C\CCCCCCCCNCc1ccc(CNCCCCCCCC/C=C\CCCCCCCC)cc1. The van der Waals surface area contributed by atoms with Gasteiger partial charge in [-0.1, -0.05) is 178 Å². The van der Waals surface area contributed by atoms with Crippen LogP contribution in [0, 0.1) is 0 Å². The van der Waals surface area contributed by atoms with Crippen molar-refractivity contribution in [1.29, 1.82) is 0 Å². The molecule has 46 heavy (non-hydrogen) atoms. The van der Waals surface area contributed by atoms with E-state index in [4.69, 9.17) is 0 Å². The Balaban J connectivity index is 1.82. The molecule has 0 amide bonds. The van der Waals surface area contributed by atoms with Gasteiger partial charge in [0.25, 0.3) is 0 Å². The summed E-state index contributed by atoms with van der Waals surface area (Å²) >= 11 is 0. The summed E-state index contributed by atoms with van der Waals surface area (Å²) in [7, 11) is 0. The molecule has 2 N–H and O–H groups in total. The molecule has 0 unspecified atom stereocenters. The van der Waals surface area contributed by atoms with Crippen molar-refractivity contribution in [3.05, 3.63) is 59.7 Å². The Hall–Kier alpha value is -1.38. The summed E-state index contributed by atoms with van der Waals surface area (Å²) in [5.41, 5.74) is 2.81. The molecule has 0 atom stereocenters. The lowest BCUT2D eigenvalue weighted by Crippen LogP contribution is -2.16. The molecule has 0 aliphatic carbocycles. The molecule has 266 valence electrons. The smallest absolute Gasteiger partial charge is 0.0205 e. The average Bonchev–Trinajstić information content (AvgIpc) is 3.07. The van der Waals surface area contributed by atoms with E-state index in [1.165, 1.54) is 191 Å². The second-order valence-electron chi connectivity index (χ2n) is 14.0. The van der Waals surface area contributed by atoms with Gasteiger partial charge in [0.2, 0.25) is 0 Å². The summed E-state index contributed by atoms with van der Waals surface area (Å²) in [6.45, 7) is 8.85. The lowest BCUT2D eigenvalue weighted by Gasteiger charge is -2.08. The molecular formula is C44H80N2. The highest BCUT2D eigenvalue weighted by atomic mass is 14.8. The summed E-state index contributed by atoms with van der Waals surface area (Å²) in [5.74, 6) is 0. The number of unbranched alkanes of at least 4 members (excludes halogenated alkanes) is 24. The molecular weight excluding hydrogens is 556 g/mol.